The summed E-state index contributed by atoms with van der Waals surface area (Å²) < 4.78 is 0. The largest absolute Gasteiger partial charge is 0.394 e. The van der Waals surface area contributed by atoms with Gasteiger partial charge >= 0.3 is 0 Å². The Hall–Kier alpha value is -0.240. The lowest BCUT2D eigenvalue weighted by atomic mass is 10.0. The second-order valence-electron chi connectivity index (χ2n) is 2.48. The molecule has 13 heavy (non-hydrogen) atoms. The van der Waals surface area contributed by atoms with Crippen molar-refractivity contribution >= 4 is 16.8 Å². The van der Waals surface area contributed by atoms with Crippen molar-refractivity contribution < 1.29 is 30.3 Å². The lowest BCUT2D eigenvalue weighted by Gasteiger charge is -2.23. The Morgan fingerprint density at radius 2 is 1.62 bits per heavy atom. The SMILES string of the molecule is O=C(Cl)[C@@H](O)[C@H](O)[C@@H](O)[C@H](O)CO. The molecule has 0 heterocycles. The van der Waals surface area contributed by atoms with Gasteiger partial charge in [-0.25, -0.2) is 0 Å². The van der Waals surface area contributed by atoms with E-state index in [1.54, 1.807) is 0 Å². The van der Waals surface area contributed by atoms with Crippen LogP contribution in [-0.4, -0.2) is 61.8 Å². The molecule has 0 unspecified atom stereocenters. The van der Waals surface area contributed by atoms with Gasteiger partial charge in [0.25, 0.3) is 5.24 Å². The summed E-state index contributed by atoms with van der Waals surface area (Å²) in [5.74, 6) is 0. The van der Waals surface area contributed by atoms with E-state index in [0.29, 0.717) is 0 Å². The summed E-state index contributed by atoms with van der Waals surface area (Å²) in [6.45, 7) is -0.804. The average molecular weight is 215 g/mol. The van der Waals surface area contributed by atoms with Crippen LogP contribution in [0.4, 0.5) is 0 Å². The Morgan fingerprint density at radius 3 is 1.92 bits per heavy atom. The van der Waals surface area contributed by atoms with E-state index in [1.165, 1.54) is 0 Å². The molecule has 0 amide bonds. The van der Waals surface area contributed by atoms with Crippen molar-refractivity contribution in [1.29, 1.82) is 0 Å². The highest BCUT2D eigenvalue weighted by molar-refractivity contribution is 6.64. The van der Waals surface area contributed by atoms with Crippen LogP contribution in [-0.2, 0) is 4.79 Å². The number of aliphatic hydroxyl groups is 5. The molecule has 0 fully saturated rings. The highest BCUT2D eigenvalue weighted by Gasteiger charge is 2.33. The molecule has 7 heteroatoms. The molecule has 0 aromatic carbocycles. The molecule has 0 saturated carbocycles. The minimum Gasteiger partial charge on any atom is -0.394 e. The number of hydrogen-bond acceptors (Lipinski definition) is 6. The third-order valence-corrected chi connectivity index (χ3v) is 1.71. The normalized spacial score (nSPS) is 20.5. The Kier molecular flexibility index (Phi) is 5.38. The standard InChI is InChI=1S/C6H11ClO6/c7-6(13)5(12)4(11)3(10)2(9)1-8/h2-5,8-12H,1H2/t2-,3+,4-,5+/m1/s1. The zero-order valence-electron chi connectivity index (χ0n) is 6.54. The molecule has 0 aromatic rings. The van der Waals surface area contributed by atoms with Gasteiger partial charge < -0.3 is 25.5 Å². The van der Waals surface area contributed by atoms with Gasteiger partial charge in [0.15, 0.2) is 6.10 Å². The summed E-state index contributed by atoms with van der Waals surface area (Å²) in [5.41, 5.74) is 0. The van der Waals surface area contributed by atoms with Crippen molar-refractivity contribution in [3.8, 4) is 0 Å². The predicted molar refractivity (Wildman–Crippen MR) is 42.0 cm³/mol. The number of carbonyl (C=O) groups is 1. The summed E-state index contributed by atoms with van der Waals surface area (Å²) >= 11 is 4.81. The fraction of sp³-hybridized carbons (Fsp3) is 0.833. The van der Waals surface area contributed by atoms with Crippen LogP contribution in [0.1, 0.15) is 0 Å². The summed E-state index contributed by atoms with van der Waals surface area (Å²) in [7, 11) is 0. The van der Waals surface area contributed by atoms with Gasteiger partial charge in [0.1, 0.15) is 18.3 Å². The minimum absolute atomic E-state index is 0.804. The fourth-order valence-corrected chi connectivity index (χ4v) is 0.786. The Morgan fingerprint density at radius 1 is 1.15 bits per heavy atom. The van der Waals surface area contributed by atoms with E-state index < -0.39 is 36.3 Å². The first-order valence-corrected chi connectivity index (χ1v) is 3.82. The topological polar surface area (TPSA) is 118 Å². The van der Waals surface area contributed by atoms with Crippen LogP contribution in [0.3, 0.4) is 0 Å². The first-order valence-electron chi connectivity index (χ1n) is 3.44. The molecule has 0 bridgehead atoms. The van der Waals surface area contributed by atoms with Gasteiger partial charge in [-0.3, -0.25) is 4.79 Å². The quantitative estimate of drug-likeness (QED) is 0.315. The van der Waals surface area contributed by atoms with Gasteiger partial charge in [0.2, 0.25) is 0 Å². The van der Waals surface area contributed by atoms with Crippen molar-refractivity contribution in [3.05, 3.63) is 0 Å². The molecule has 78 valence electrons. The summed E-state index contributed by atoms with van der Waals surface area (Å²) in [6.07, 6.45) is -7.38. The number of aliphatic hydroxyl groups excluding tert-OH is 5. The van der Waals surface area contributed by atoms with E-state index >= 15 is 0 Å². The molecule has 0 aliphatic rings. The Labute approximate surface area is 79.0 Å². The molecule has 0 radical (unpaired) electrons. The molecule has 0 saturated heterocycles. The zero-order chi connectivity index (χ0) is 10.6. The first kappa shape index (κ1) is 12.8. The van der Waals surface area contributed by atoms with Gasteiger partial charge in [-0.15, -0.1) is 0 Å². The zero-order valence-corrected chi connectivity index (χ0v) is 7.29. The maximum absolute atomic E-state index is 10.3. The smallest absolute Gasteiger partial charge is 0.253 e. The van der Waals surface area contributed by atoms with Crippen LogP contribution < -0.4 is 0 Å². The van der Waals surface area contributed by atoms with E-state index in [-0.39, 0.29) is 0 Å². The van der Waals surface area contributed by atoms with Gasteiger partial charge in [-0.1, -0.05) is 0 Å². The van der Waals surface area contributed by atoms with Crippen LogP contribution in [0.2, 0.25) is 0 Å². The molecule has 6 nitrogen and oxygen atoms in total. The van der Waals surface area contributed by atoms with Crippen LogP contribution in [0.15, 0.2) is 0 Å². The second kappa shape index (κ2) is 5.48. The van der Waals surface area contributed by atoms with Crippen LogP contribution >= 0.6 is 11.6 Å². The van der Waals surface area contributed by atoms with E-state index in [2.05, 4.69) is 0 Å². The van der Waals surface area contributed by atoms with Crippen LogP contribution in [0.5, 0.6) is 0 Å². The summed E-state index contributed by atoms with van der Waals surface area (Å²) in [5, 5.41) is 42.7. The van der Waals surface area contributed by atoms with Crippen molar-refractivity contribution in [1.82, 2.24) is 0 Å². The molecule has 5 N–H and O–H groups in total. The van der Waals surface area contributed by atoms with Crippen LogP contribution in [0, 0.1) is 0 Å². The van der Waals surface area contributed by atoms with Crippen molar-refractivity contribution in [2.75, 3.05) is 6.61 Å². The average Bonchev–Trinajstić information content (AvgIpc) is 2.12. The first-order chi connectivity index (χ1) is 5.91. The molecule has 0 aliphatic carbocycles. The lowest BCUT2D eigenvalue weighted by Crippen LogP contribution is -2.47. The minimum atomic E-state index is -1.99. The third kappa shape index (κ3) is 3.55. The van der Waals surface area contributed by atoms with E-state index in [0.717, 1.165) is 0 Å². The number of carbonyl (C=O) groups excluding carboxylic acids is 1. The van der Waals surface area contributed by atoms with Crippen molar-refractivity contribution in [2.24, 2.45) is 0 Å². The summed E-state index contributed by atoms with van der Waals surface area (Å²) in [6, 6.07) is 0. The highest BCUT2D eigenvalue weighted by Crippen LogP contribution is 2.07. The van der Waals surface area contributed by atoms with Gasteiger partial charge in [0, 0.05) is 0 Å². The third-order valence-electron chi connectivity index (χ3n) is 1.49. The highest BCUT2D eigenvalue weighted by atomic mass is 35.5. The number of rotatable bonds is 5. The number of halogens is 1. The van der Waals surface area contributed by atoms with Crippen LogP contribution in [0.25, 0.3) is 0 Å². The van der Waals surface area contributed by atoms with Gasteiger partial charge in [-0.2, -0.15) is 0 Å². The molecule has 0 rings (SSSR count). The fourth-order valence-electron chi connectivity index (χ4n) is 0.657. The molecule has 0 aromatic heterocycles. The molecule has 0 aliphatic heterocycles. The molecular weight excluding hydrogens is 204 g/mol. The maximum Gasteiger partial charge on any atom is 0.253 e. The second-order valence-corrected chi connectivity index (χ2v) is 2.85. The molecule has 4 atom stereocenters. The maximum atomic E-state index is 10.3. The number of hydrogen-bond donors (Lipinski definition) is 5. The Bertz CT molecular complexity index is 175. The monoisotopic (exact) mass is 214 g/mol. The lowest BCUT2D eigenvalue weighted by molar-refractivity contribution is -0.140. The molecule has 0 spiro atoms. The van der Waals surface area contributed by atoms with Crippen molar-refractivity contribution in [3.63, 3.8) is 0 Å². The Balaban J connectivity index is 4.24. The van der Waals surface area contributed by atoms with E-state index in [4.69, 9.17) is 37.1 Å². The predicted octanol–water partition coefficient (Wildman–Crippen LogP) is -2.81. The van der Waals surface area contributed by atoms with Gasteiger partial charge in [0.05, 0.1) is 6.61 Å². The molecular formula is C6H11ClO6. The van der Waals surface area contributed by atoms with Crippen molar-refractivity contribution in [2.45, 2.75) is 24.4 Å². The van der Waals surface area contributed by atoms with E-state index in [9.17, 15) is 4.79 Å². The van der Waals surface area contributed by atoms with Gasteiger partial charge in [-0.05, 0) is 11.6 Å². The van der Waals surface area contributed by atoms with E-state index in [1.807, 2.05) is 0 Å². The summed E-state index contributed by atoms with van der Waals surface area (Å²) in [4.78, 5) is 10.3.